The van der Waals surface area contributed by atoms with Crippen molar-refractivity contribution in [3.63, 3.8) is 0 Å². The van der Waals surface area contributed by atoms with Gasteiger partial charge in [-0.1, -0.05) is 12.8 Å². The van der Waals surface area contributed by atoms with Gasteiger partial charge in [-0.15, -0.1) is 0 Å². The van der Waals surface area contributed by atoms with Crippen molar-refractivity contribution in [1.29, 1.82) is 0 Å². The molecule has 0 saturated heterocycles. The third kappa shape index (κ3) is 2.44. The summed E-state index contributed by atoms with van der Waals surface area (Å²) in [5, 5.41) is 10.9. The van der Waals surface area contributed by atoms with Crippen LogP contribution < -0.4 is 0 Å². The molecular formula is C18H24N2O. The van der Waals surface area contributed by atoms with E-state index in [4.69, 9.17) is 0 Å². The largest absolute Gasteiger partial charge is 0.508 e. The molecule has 0 bridgehead atoms. The zero-order valence-corrected chi connectivity index (χ0v) is 12.5. The van der Waals surface area contributed by atoms with Crippen LogP contribution in [0.2, 0.25) is 0 Å². The summed E-state index contributed by atoms with van der Waals surface area (Å²) in [6.45, 7) is 1.16. The fraction of sp³-hybridized carbons (Fsp3) is 0.556. The van der Waals surface area contributed by atoms with E-state index in [2.05, 4.69) is 16.1 Å². The molecule has 2 saturated carbocycles. The van der Waals surface area contributed by atoms with Crippen molar-refractivity contribution in [3.05, 3.63) is 30.0 Å². The van der Waals surface area contributed by atoms with Crippen molar-refractivity contribution < 1.29 is 5.11 Å². The summed E-state index contributed by atoms with van der Waals surface area (Å²) in [6, 6.07) is 7.28. The Morgan fingerprint density at radius 2 is 1.81 bits per heavy atom. The van der Waals surface area contributed by atoms with Crippen LogP contribution in [0.15, 0.2) is 24.4 Å². The first-order valence-electron chi connectivity index (χ1n) is 8.36. The zero-order valence-electron chi connectivity index (χ0n) is 12.5. The highest BCUT2D eigenvalue weighted by Gasteiger charge is 2.33. The lowest BCUT2D eigenvalue weighted by molar-refractivity contribution is 0.0418. The molecule has 0 atom stereocenters. The van der Waals surface area contributed by atoms with Crippen LogP contribution in [0.1, 0.15) is 44.1 Å². The molecule has 0 aliphatic heterocycles. The standard InChI is InChI=1S/C18H24N2O/c21-16-7-8-18-17(11-16)13(12-19-18)9-10-20(14-3-1-4-14)15-5-2-6-15/h7-8,11-12,14-15,19,21H,1-6,9-10H2. The van der Waals surface area contributed by atoms with E-state index in [1.165, 1.54) is 49.5 Å². The van der Waals surface area contributed by atoms with Crippen molar-refractivity contribution in [3.8, 4) is 5.75 Å². The molecule has 2 N–H and O–H groups in total. The van der Waals surface area contributed by atoms with Crippen LogP contribution in [0.3, 0.4) is 0 Å². The number of aromatic hydroxyl groups is 1. The number of hydrogen-bond acceptors (Lipinski definition) is 2. The molecule has 3 heteroatoms. The van der Waals surface area contributed by atoms with Crippen molar-refractivity contribution in [2.45, 2.75) is 57.0 Å². The van der Waals surface area contributed by atoms with E-state index in [-0.39, 0.29) is 0 Å². The Labute approximate surface area is 126 Å². The van der Waals surface area contributed by atoms with E-state index >= 15 is 0 Å². The number of fused-ring (bicyclic) bond motifs is 1. The van der Waals surface area contributed by atoms with Crippen LogP contribution in [-0.4, -0.2) is 33.6 Å². The van der Waals surface area contributed by atoms with Gasteiger partial charge in [0.2, 0.25) is 0 Å². The Morgan fingerprint density at radius 3 is 2.43 bits per heavy atom. The Bertz CT molecular complexity index is 611. The van der Waals surface area contributed by atoms with Gasteiger partial charge in [0.05, 0.1) is 0 Å². The van der Waals surface area contributed by atoms with Crippen molar-refractivity contribution in [1.82, 2.24) is 9.88 Å². The van der Waals surface area contributed by atoms with Crippen LogP contribution in [0.5, 0.6) is 5.75 Å². The summed E-state index contributed by atoms with van der Waals surface area (Å²) >= 11 is 0. The molecule has 2 aliphatic rings. The molecule has 0 unspecified atom stereocenters. The second-order valence-electron chi connectivity index (χ2n) is 6.70. The minimum atomic E-state index is 0.359. The van der Waals surface area contributed by atoms with Crippen LogP contribution in [0, 0.1) is 0 Å². The SMILES string of the molecule is Oc1ccc2[nH]cc(CCN(C3CCC3)C3CCC3)c2c1. The Morgan fingerprint density at radius 1 is 1.10 bits per heavy atom. The van der Waals surface area contributed by atoms with Gasteiger partial charge in [-0.2, -0.15) is 0 Å². The topological polar surface area (TPSA) is 39.3 Å². The van der Waals surface area contributed by atoms with E-state index in [1.807, 2.05) is 12.1 Å². The van der Waals surface area contributed by atoms with E-state index < -0.39 is 0 Å². The number of phenolic OH excluding ortho intramolecular Hbond substituents is 1. The summed E-state index contributed by atoms with van der Waals surface area (Å²) in [6.07, 6.45) is 11.6. The summed E-state index contributed by atoms with van der Waals surface area (Å²) in [5.74, 6) is 0.359. The first-order valence-corrected chi connectivity index (χ1v) is 8.36. The maximum Gasteiger partial charge on any atom is 0.116 e. The van der Waals surface area contributed by atoms with E-state index in [0.717, 1.165) is 30.6 Å². The minimum Gasteiger partial charge on any atom is -0.508 e. The highest BCUT2D eigenvalue weighted by molar-refractivity contribution is 5.84. The lowest BCUT2D eigenvalue weighted by Gasteiger charge is -2.46. The lowest BCUT2D eigenvalue weighted by atomic mass is 9.84. The molecule has 21 heavy (non-hydrogen) atoms. The van der Waals surface area contributed by atoms with Crippen molar-refractivity contribution >= 4 is 10.9 Å². The molecule has 112 valence electrons. The summed E-state index contributed by atoms with van der Waals surface area (Å²) in [7, 11) is 0. The van der Waals surface area contributed by atoms with Crippen LogP contribution in [0.4, 0.5) is 0 Å². The molecule has 4 rings (SSSR count). The summed E-state index contributed by atoms with van der Waals surface area (Å²) < 4.78 is 0. The van der Waals surface area contributed by atoms with E-state index in [0.29, 0.717) is 5.75 Å². The molecule has 0 amide bonds. The molecule has 1 heterocycles. The van der Waals surface area contributed by atoms with Gasteiger partial charge in [0.15, 0.2) is 0 Å². The van der Waals surface area contributed by atoms with Gasteiger partial charge in [-0.3, -0.25) is 4.90 Å². The fourth-order valence-electron chi connectivity index (χ4n) is 3.72. The molecule has 3 nitrogen and oxygen atoms in total. The second kappa shape index (κ2) is 5.38. The van der Waals surface area contributed by atoms with Crippen LogP contribution in [-0.2, 0) is 6.42 Å². The minimum absolute atomic E-state index is 0.359. The first-order chi connectivity index (χ1) is 10.3. The second-order valence-corrected chi connectivity index (χ2v) is 6.70. The molecule has 0 spiro atoms. The lowest BCUT2D eigenvalue weighted by Crippen LogP contribution is -2.50. The molecule has 1 aromatic heterocycles. The monoisotopic (exact) mass is 284 g/mol. The average Bonchev–Trinajstić information content (AvgIpc) is 2.74. The molecule has 2 aromatic rings. The van der Waals surface area contributed by atoms with E-state index in [1.54, 1.807) is 6.07 Å². The normalized spacial score (nSPS) is 19.9. The number of aromatic nitrogens is 1. The van der Waals surface area contributed by atoms with Gasteiger partial charge in [-0.25, -0.2) is 0 Å². The van der Waals surface area contributed by atoms with Crippen LogP contribution in [0.25, 0.3) is 10.9 Å². The summed E-state index contributed by atoms with van der Waals surface area (Å²) in [5.41, 5.74) is 2.46. The number of H-pyrrole nitrogens is 1. The highest BCUT2D eigenvalue weighted by Crippen LogP contribution is 2.34. The Hall–Kier alpha value is -1.48. The van der Waals surface area contributed by atoms with Gasteiger partial charge < -0.3 is 10.1 Å². The van der Waals surface area contributed by atoms with E-state index in [9.17, 15) is 5.11 Å². The number of rotatable bonds is 5. The summed E-state index contributed by atoms with van der Waals surface area (Å²) in [4.78, 5) is 6.10. The number of nitrogens with one attached hydrogen (secondary N) is 1. The van der Waals surface area contributed by atoms with Crippen molar-refractivity contribution in [2.24, 2.45) is 0 Å². The highest BCUT2D eigenvalue weighted by atomic mass is 16.3. The molecular weight excluding hydrogens is 260 g/mol. The number of aromatic amines is 1. The fourth-order valence-corrected chi connectivity index (χ4v) is 3.72. The first kappa shape index (κ1) is 13.2. The predicted molar refractivity (Wildman–Crippen MR) is 85.7 cm³/mol. The molecule has 1 aromatic carbocycles. The smallest absolute Gasteiger partial charge is 0.116 e. The molecule has 2 aliphatic carbocycles. The molecule has 0 radical (unpaired) electrons. The Kier molecular flexibility index (Phi) is 3.38. The number of phenols is 1. The number of benzene rings is 1. The van der Waals surface area contributed by atoms with Gasteiger partial charge in [0, 0.05) is 35.7 Å². The third-order valence-electron chi connectivity index (χ3n) is 5.48. The average molecular weight is 284 g/mol. The maximum atomic E-state index is 9.70. The van der Waals surface area contributed by atoms with Crippen molar-refractivity contribution in [2.75, 3.05) is 6.54 Å². The van der Waals surface area contributed by atoms with Gasteiger partial charge in [0.1, 0.15) is 5.75 Å². The maximum absolute atomic E-state index is 9.70. The van der Waals surface area contributed by atoms with Gasteiger partial charge in [-0.05, 0) is 55.9 Å². The third-order valence-corrected chi connectivity index (χ3v) is 5.48. The van der Waals surface area contributed by atoms with Gasteiger partial charge >= 0.3 is 0 Å². The number of nitrogens with zero attached hydrogens (tertiary/aromatic N) is 1. The van der Waals surface area contributed by atoms with Crippen LogP contribution >= 0.6 is 0 Å². The van der Waals surface area contributed by atoms with Gasteiger partial charge in [0.25, 0.3) is 0 Å². The zero-order chi connectivity index (χ0) is 14.2. The number of hydrogen-bond donors (Lipinski definition) is 2. The molecule has 2 fully saturated rings. The quantitative estimate of drug-likeness (QED) is 0.876. The Balaban J connectivity index is 1.49. The predicted octanol–water partition coefficient (Wildman–Crippen LogP) is 3.82.